The third kappa shape index (κ3) is 7.99. The number of carbonyl (C=O) groups excluding carboxylic acids is 1. The lowest BCUT2D eigenvalue weighted by atomic mass is 9.51. The Hall–Kier alpha value is -0.505. The van der Waals surface area contributed by atoms with Gasteiger partial charge in [0.1, 0.15) is 13.9 Å². The smallest absolute Gasteiger partial charge is 0.246 e. The van der Waals surface area contributed by atoms with E-state index in [9.17, 15) is 4.79 Å². The molecular formula is C31H55BNO2. The van der Waals surface area contributed by atoms with E-state index >= 15 is 0 Å². The normalized spacial score (nSPS) is 36.3. The number of carbonyl (C=O) groups is 1. The van der Waals surface area contributed by atoms with Gasteiger partial charge in [0, 0.05) is 5.54 Å². The summed E-state index contributed by atoms with van der Waals surface area (Å²) in [7, 11) is 2.47. The molecule has 0 aliphatic heterocycles. The molecule has 2 unspecified atom stereocenters. The van der Waals surface area contributed by atoms with Crippen molar-refractivity contribution in [3.63, 3.8) is 0 Å². The fraction of sp³-hybridized carbons (Fsp3) is 0.968. The van der Waals surface area contributed by atoms with Gasteiger partial charge in [-0.25, -0.2) is 0 Å². The summed E-state index contributed by atoms with van der Waals surface area (Å²) in [5, 5.41) is 3.52. The highest BCUT2D eigenvalue weighted by molar-refractivity contribution is 6.35. The van der Waals surface area contributed by atoms with Gasteiger partial charge in [0.25, 0.3) is 0 Å². The van der Waals surface area contributed by atoms with Gasteiger partial charge in [-0.3, -0.25) is 4.79 Å². The van der Waals surface area contributed by atoms with Crippen molar-refractivity contribution < 1.29 is 9.53 Å². The first kappa shape index (κ1) is 27.5. The first-order chi connectivity index (χ1) is 17.1. The van der Waals surface area contributed by atoms with E-state index in [0.29, 0.717) is 11.5 Å². The quantitative estimate of drug-likeness (QED) is 0.384. The maximum Gasteiger partial charge on any atom is 0.246 e. The van der Waals surface area contributed by atoms with Crippen LogP contribution in [0.3, 0.4) is 0 Å². The minimum absolute atomic E-state index is 0.0662. The number of rotatable bonds is 6. The van der Waals surface area contributed by atoms with Gasteiger partial charge in [0.2, 0.25) is 5.91 Å². The highest BCUT2D eigenvalue weighted by Crippen LogP contribution is 2.58. The molecule has 0 aromatic rings. The van der Waals surface area contributed by atoms with Crippen molar-refractivity contribution in [2.24, 2.45) is 11.3 Å². The molecular weight excluding hydrogens is 429 g/mol. The molecule has 2 bridgehead atoms. The Balaban J connectivity index is 1.23. The van der Waals surface area contributed by atoms with Crippen LogP contribution in [0.4, 0.5) is 0 Å². The molecule has 1 amide bonds. The molecule has 5 rings (SSSR count). The van der Waals surface area contributed by atoms with Crippen LogP contribution < -0.4 is 5.32 Å². The van der Waals surface area contributed by atoms with Crippen LogP contribution in [0, 0.1) is 11.3 Å². The van der Waals surface area contributed by atoms with Crippen LogP contribution in [0.2, 0.25) is 12.6 Å². The van der Waals surface area contributed by atoms with Gasteiger partial charge in [0.15, 0.2) is 0 Å². The van der Waals surface area contributed by atoms with Gasteiger partial charge < -0.3 is 10.1 Å². The standard InChI is InChI=1S/C31H55BNO2/c1-32-27-15-9-7-8-13-26(14-12-16-27)30-19-22-31(23-20-30,24-21-30)33-29(34)25-35-28-17-10-5-3-2-4-6-11-18-28/h26-28H,2-25H2,1H3,(H,33,34). The van der Waals surface area contributed by atoms with Crippen LogP contribution in [0.5, 0.6) is 0 Å². The lowest BCUT2D eigenvalue weighted by Crippen LogP contribution is -2.58. The molecule has 0 aromatic heterocycles. The maximum atomic E-state index is 13.0. The molecule has 0 aromatic carbocycles. The predicted octanol–water partition coefficient (Wildman–Crippen LogP) is 8.40. The Morgan fingerprint density at radius 3 is 1.89 bits per heavy atom. The molecule has 199 valence electrons. The van der Waals surface area contributed by atoms with E-state index in [4.69, 9.17) is 4.74 Å². The van der Waals surface area contributed by atoms with Gasteiger partial charge in [-0.15, -0.1) is 0 Å². The molecule has 0 spiro atoms. The van der Waals surface area contributed by atoms with Gasteiger partial charge in [0.05, 0.1) is 6.10 Å². The largest absolute Gasteiger partial charge is 0.368 e. The van der Waals surface area contributed by atoms with Crippen LogP contribution in [-0.4, -0.2) is 31.4 Å². The Morgan fingerprint density at radius 1 is 0.714 bits per heavy atom. The Morgan fingerprint density at radius 2 is 1.23 bits per heavy atom. The highest BCUT2D eigenvalue weighted by Gasteiger charge is 2.51. The van der Waals surface area contributed by atoms with E-state index in [2.05, 4.69) is 19.4 Å². The molecule has 2 atom stereocenters. The summed E-state index contributed by atoms with van der Waals surface area (Å²) in [6.07, 6.45) is 30.9. The Labute approximate surface area is 217 Å². The molecule has 5 saturated carbocycles. The molecule has 35 heavy (non-hydrogen) atoms. The van der Waals surface area contributed by atoms with Crippen molar-refractivity contribution in [3.8, 4) is 0 Å². The number of hydrogen-bond donors (Lipinski definition) is 1. The summed E-state index contributed by atoms with van der Waals surface area (Å²) in [4.78, 5) is 13.0. The monoisotopic (exact) mass is 484 g/mol. The van der Waals surface area contributed by atoms with Crippen molar-refractivity contribution in [2.75, 3.05) is 6.61 Å². The highest BCUT2D eigenvalue weighted by atomic mass is 16.5. The SMILES string of the molecule is C[B]C1CCCCCC(C23CCC(NC(=O)COC4CCCCCCCCC4)(CC2)CC3)CCC1. The second-order valence-electron chi connectivity index (χ2n) is 13.0. The first-order valence-electron chi connectivity index (χ1n) is 15.9. The van der Waals surface area contributed by atoms with Crippen LogP contribution in [0.25, 0.3) is 0 Å². The third-order valence-corrected chi connectivity index (χ3v) is 10.8. The number of nitrogens with one attached hydrogen (secondary N) is 1. The molecule has 3 nitrogen and oxygen atoms in total. The zero-order valence-corrected chi connectivity index (χ0v) is 23.1. The first-order valence-corrected chi connectivity index (χ1v) is 15.9. The second-order valence-corrected chi connectivity index (χ2v) is 13.0. The fourth-order valence-corrected chi connectivity index (χ4v) is 8.31. The van der Waals surface area contributed by atoms with E-state index in [1.54, 1.807) is 0 Å². The second kappa shape index (κ2) is 13.9. The number of fused-ring (bicyclic) bond motifs is 3. The predicted molar refractivity (Wildman–Crippen MR) is 148 cm³/mol. The lowest BCUT2D eigenvalue weighted by Gasteiger charge is -2.57. The number of amides is 1. The fourth-order valence-electron chi connectivity index (χ4n) is 8.31. The average molecular weight is 485 g/mol. The molecule has 1 N–H and O–H groups in total. The van der Waals surface area contributed by atoms with Crippen molar-refractivity contribution in [1.29, 1.82) is 0 Å². The van der Waals surface area contributed by atoms with E-state index < -0.39 is 0 Å². The topological polar surface area (TPSA) is 38.3 Å². The zero-order valence-electron chi connectivity index (χ0n) is 23.1. The summed E-state index contributed by atoms with van der Waals surface area (Å²) >= 11 is 0. The molecule has 5 aliphatic carbocycles. The summed E-state index contributed by atoms with van der Waals surface area (Å²) in [6.45, 7) is 2.55. The van der Waals surface area contributed by atoms with E-state index in [0.717, 1.165) is 24.6 Å². The summed E-state index contributed by atoms with van der Waals surface area (Å²) in [5.74, 6) is 1.92. The minimum atomic E-state index is 0.0662. The van der Waals surface area contributed by atoms with Gasteiger partial charge in [-0.05, 0) is 75.5 Å². The van der Waals surface area contributed by atoms with Crippen molar-refractivity contribution >= 4 is 13.2 Å². The van der Waals surface area contributed by atoms with Crippen LogP contribution in [0.15, 0.2) is 0 Å². The number of hydrogen-bond acceptors (Lipinski definition) is 2. The molecule has 5 fully saturated rings. The van der Waals surface area contributed by atoms with Crippen molar-refractivity contribution in [1.82, 2.24) is 5.32 Å². The third-order valence-electron chi connectivity index (χ3n) is 10.8. The molecule has 1 radical (unpaired) electrons. The van der Waals surface area contributed by atoms with E-state index in [-0.39, 0.29) is 18.1 Å². The molecule has 5 aliphatic rings. The summed E-state index contributed by atoms with van der Waals surface area (Å²) in [6, 6.07) is 0. The van der Waals surface area contributed by atoms with Gasteiger partial charge in [-0.1, -0.05) is 96.1 Å². The lowest BCUT2D eigenvalue weighted by molar-refractivity contribution is -0.133. The Kier molecular flexibility index (Phi) is 10.9. The molecule has 4 heteroatoms. The summed E-state index contributed by atoms with van der Waals surface area (Å²) in [5.41, 5.74) is 0.639. The van der Waals surface area contributed by atoms with Crippen LogP contribution >= 0.6 is 0 Å². The van der Waals surface area contributed by atoms with Crippen molar-refractivity contribution in [3.05, 3.63) is 0 Å². The van der Waals surface area contributed by atoms with Crippen LogP contribution in [0.1, 0.15) is 148 Å². The van der Waals surface area contributed by atoms with E-state index in [1.807, 2.05) is 0 Å². The van der Waals surface area contributed by atoms with Gasteiger partial charge >= 0.3 is 0 Å². The van der Waals surface area contributed by atoms with Gasteiger partial charge in [-0.2, -0.15) is 0 Å². The minimum Gasteiger partial charge on any atom is -0.368 e. The number of ether oxygens (including phenoxy) is 1. The Bertz CT molecular complexity index is 603. The van der Waals surface area contributed by atoms with E-state index in [1.165, 1.54) is 135 Å². The molecule has 0 heterocycles. The average Bonchev–Trinajstić information content (AvgIpc) is 2.90. The van der Waals surface area contributed by atoms with Crippen molar-refractivity contribution in [2.45, 2.75) is 172 Å². The zero-order chi connectivity index (χ0) is 24.4. The molecule has 0 saturated heterocycles. The van der Waals surface area contributed by atoms with Crippen LogP contribution in [-0.2, 0) is 9.53 Å². The maximum absolute atomic E-state index is 13.0. The summed E-state index contributed by atoms with van der Waals surface area (Å²) < 4.78 is 6.19.